The summed E-state index contributed by atoms with van der Waals surface area (Å²) in [6.07, 6.45) is 0.581. The van der Waals surface area contributed by atoms with Crippen LogP contribution in [-0.2, 0) is 21.2 Å². The van der Waals surface area contributed by atoms with E-state index >= 15 is 0 Å². The lowest BCUT2D eigenvalue weighted by Crippen LogP contribution is -3.08. The quantitative estimate of drug-likeness (QED) is 0.734. The van der Waals surface area contributed by atoms with Crippen LogP contribution in [0.1, 0.15) is 29.4 Å². The third-order valence-electron chi connectivity index (χ3n) is 5.12. The van der Waals surface area contributed by atoms with E-state index in [-0.39, 0.29) is 35.7 Å². The highest BCUT2D eigenvalue weighted by molar-refractivity contribution is 7.91. The number of nitrogens with zero attached hydrogens (tertiary/aromatic N) is 2. The number of amides is 1. The second-order valence-electron chi connectivity index (χ2n) is 7.49. The number of likely N-dealkylation sites (N-methyl/N-ethyl adjacent to an activating group) is 1. The minimum absolute atomic E-state index is 0.123. The van der Waals surface area contributed by atoms with Crippen LogP contribution >= 0.6 is 0 Å². The highest BCUT2D eigenvalue weighted by atomic mass is 32.2. The average Bonchev–Trinajstić information content (AvgIpc) is 3.10. The number of nitrogens with one attached hydrogen (secondary N) is 2. The van der Waals surface area contributed by atoms with Gasteiger partial charge in [0, 0.05) is 5.69 Å². The maximum atomic E-state index is 13.7. The third kappa shape index (κ3) is 4.59. The molecule has 2 atom stereocenters. The van der Waals surface area contributed by atoms with Gasteiger partial charge in [0.05, 0.1) is 41.5 Å². The predicted molar refractivity (Wildman–Crippen MR) is 104 cm³/mol. The number of rotatable bonds is 6. The summed E-state index contributed by atoms with van der Waals surface area (Å²) in [4.78, 5) is 13.2. The number of carbonyl (C=O) groups excluding carboxylic acids is 1. The Morgan fingerprint density at radius 1 is 1.36 bits per heavy atom. The summed E-state index contributed by atoms with van der Waals surface area (Å²) >= 11 is 0. The van der Waals surface area contributed by atoms with E-state index in [0.717, 1.165) is 21.9 Å². The molecule has 0 aliphatic carbocycles. The molecule has 9 heteroatoms. The van der Waals surface area contributed by atoms with Crippen LogP contribution in [0.25, 0.3) is 0 Å². The van der Waals surface area contributed by atoms with Crippen LogP contribution < -0.4 is 10.2 Å². The Kier molecular flexibility index (Phi) is 5.85. The molecule has 2 heterocycles. The molecule has 7 nitrogen and oxygen atoms in total. The maximum Gasteiger partial charge on any atom is 0.279 e. The van der Waals surface area contributed by atoms with Crippen molar-refractivity contribution in [1.82, 2.24) is 9.78 Å². The summed E-state index contributed by atoms with van der Waals surface area (Å²) < 4.78 is 39.0. The minimum Gasteiger partial charge on any atom is -0.326 e. The summed E-state index contributed by atoms with van der Waals surface area (Å²) in [5, 5.41) is 7.15. The van der Waals surface area contributed by atoms with Gasteiger partial charge in [0.2, 0.25) is 0 Å². The van der Waals surface area contributed by atoms with E-state index in [1.807, 2.05) is 25.6 Å². The molecular weight excluding hydrogens is 383 g/mol. The Bertz CT molecular complexity index is 987. The van der Waals surface area contributed by atoms with E-state index in [2.05, 4.69) is 10.4 Å². The zero-order valence-electron chi connectivity index (χ0n) is 16.3. The topological polar surface area (TPSA) is 85.5 Å². The zero-order valence-corrected chi connectivity index (χ0v) is 17.1. The molecule has 0 spiro atoms. The van der Waals surface area contributed by atoms with Crippen LogP contribution in [0.2, 0.25) is 0 Å². The fraction of sp³-hybridized carbons (Fsp3) is 0.474. The van der Waals surface area contributed by atoms with Crippen molar-refractivity contribution >= 4 is 21.4 Å². The van der Waals surface area contributed by atoms with Gasteiger partial charge < -0.3 is 10.2 Å². The number of aryl methyl sites for hydroxylation is 1. The normalized spacial score (nSPS) is 19.5. The van der Waals surface area contributed by atoms with E-state index < -0.39 is 15.7 Å². The van der Waals surface area contributed by atoms with Gasteiger partial charge in [0.25, 0.3) is 5.91 Å². The molecule has 1 aliphatic rings. The van der Waals surface area contributed by atoms with Crippen LogP contribution in [0.5, 0.6) is 0 Å². The minimum atomic E-state index is -2.99. The number of carbonyl (C=O) groups is 1. The SMILES string of the molecule is Cc1nn([C@@H]2CCS(=O)(=O)C2)c(C)c1C[NH+](C)CC(=O)Nc1ccccc1F. The van der Waals surface area contributed by atoms with Gasteiger partial charge in [-0.05, 0) is 32.4 Å². The number of quaternary nitrogens is 1. The lowest BCUT2D eigenvalue weighted by molar-refractivity contribution is -0.885. The van der Waals surface area contributed by atoms with Crippen LogP contribution in [0.3, 0.4) is 0 Å². The van der Waals surface area contributed by atoms with Crippen molar-refractivity contribution in [2.24, 2.45) is 0 Å². The first kappa shape index (κ1) is 20.5. The highest BCUT2D eigenvalue weighted by Gasteiger charge is 2.32. The van der Waals surface area contributed by atoms with Gasteiger partial charge in [-0.1, -0.05) is 12.1 Å². The van der Waals surface area contributed by atoms with E-state index in [1.54, 1.807) is 12.1 Å². The molecule has 1 aliphatic heterocycles. The van der Waals surface area contributed by atoms with Crippen molar-refractivity contribution in [1.29, 1.82) is 0 Å². The van der Waals surface area contributed by atoms with E-state index in [4.69, 9.17) is 0 Å². The molecule has 2 N–H and O–H groups in total. The summed E-state index contributed by atoms with van der Waals surface area (Å²) in [7, 11) is -1.10. The van der Waals surface area contributed by atoms with Crippen LogP contribution in [0, 0.1) is 19.7 Å². The molecule has 152 valence electrons. The van der Waals surface area contributed by atoms with Crippen molar-refractivity contribution in [3.63, 3.8) is 0 Å². The van der Waals surface area contributed by atoms with E-state index in [9.17, 15) is 17.6 Å². The smallest absolute Gasteiger partial charge is 0.279 e. The largest absolute Gasteiger partial charge is 0.326 e. The second-order valence-corrected chi connectivity index (χ2v) is 9.72. The Labute approximate surface area is 164 Å². The third-order valence-corrected chi connectivity index (χ3v) is 6.87. The highest BCUT2D eigenvalue weighted by Crippen LogP contribution is 2.26. The summed E-state index contributed by atoms with van der Waals surface area (Å²) in [5.74, 6) is -0.408. The predicted octanol–water partition coefficient (Wildman–Crippen LogP) is 0.652. The molecule has 1 unspecified atom stereocenters. The Hall–Kier alpha value is -2.26. The number of aromatic nitrogens is 2. The number of benzene rings is 1. The molecule has 28 heavy (non-hydrogen) atoms. The van der Waals surface area contributed by atoms with Crippen molar-refractivity contribution in [2.45, 2.75) is 32.9 Å². The molecule has 0 saturated carbocycles. The van der Waals surface area contributed by atoms with Gasteiger partial charge in [-0.3, -0.25) is 9.48 Å². The van der Waals surface area contributed by atoms with Crippen LogP contribution in [0.4, 0.5) is 10.1 Å². The summed E-state index contributed by atoms with van der Waals surface area (Å²) in [6.45, 7) is 4.58. The number of sulfone groups is 1. The molecule has 2 aromatic rings. The molecule has 1 amide bonds. The Morgan fingerprint density at radius 2 is 2.07 bits per heavy atom. The van der Waals surface area contributed by atoms with Crippen LogP contribution in [-0.4, -0.2) is 49.2 Å². The lowest BCUT2D eigenvalue weighted by atomic mass is 10.1. The van der Waals surface area contributed by atoms with Gasteiger partial charge in [-0.25, -0.2) is 12.8 Å². The first-order valence-corrected chi connectivity index (χ1v) is 11.1. The van der Waals surface area contributed by atoms with Gasteiger partial charge in [-0.2, -0.15) is 5.10 Å². The molecule has 1 fully saturated rings. The van der Waals surface area contributed by atoms with Gasteiger partial charge in [0.15, 0.2) is 16.4 Å². The van der Waals surface area contributed by atoms with Crippen molar-refractivity contribution < 1.29 is 22.5 Å². The number of hydrogen-bond acceptors (Lipinski definition) is 4. The monoisotopic (exact) mass is 409 g/mol. The number of hydrogen-bond donors (Lipinski definition) is 2. The average molecular weight is 410 g/mol. The maximum absolute atomic E-state index is 13.7. The van der Waals surface area contributed by atoms with Gasteiger partial charge in [0.1, 0.15) is 12.4 Å². The second kappa shape index (κ2) is 8.00. The van der Waals surface area contributed by atoms with Gasteiger partial charge >= 0.3 is 0 Å². The summed E-state index contributed by atoms with van der Waals surface area (Å²) in [6, 6.07) is 5.94. The molecule has 3 rings (SSSR count). The molecule has 0 radical (unpaired) electrons. The first-order valence-electron chi connectivity index (χ1n) is 9.27. The number of halogens is 1. The standard InChI is InChI=1S/C19H25FN4O3S/c1-13-16(14(2)24(22-13)15-8-9-28(26,27)12-15)10-23(3)11-19(25)21-18-7-5-4-6-17(18)20/h4-7,15H,8-12H2,1-3H3,(H,21,25)/p+1/t15-/m1/s1. The summed E-state index contributed by atoms with van der Waals surface area (Å²) in [5.41, 5.74) is 2.97. The van der Waals surface area contributed by atoms with E-state index in [0.29, 0.717) is 13.0 Å². The molecule has 0 bridgehead atoms. The van der Waals surface area contributed by atoms with Crippen molar-refractivity contribution in [3.8, 4) is 0 Å². The number of para-hydroxylation sites is 1. The van der Waals surface area contributed by atoms with Crippen molar-refractivity contribution in [2.75, 3.05) is 30.4 Å². The first-order chi connectivity index (χ1) is 13.2. The molecule has 1 aromatic carbocycles. The fourth-order valence-corrected chi connectivity index (χ4v) is 5.36. The Balaban J connectivity index is 1.65. The zero-order chi connectivity index (χ0) is 20.5. The fourth-order valence-electron chi connectivity index (χ4n) is 3.67. The van der Waals surface area contributed by atoms with E-state index in [1.165, 1.54) is 12.1 Å². The lowest BCUT2D eigenvalue weighted by Gasteiger charge is -2.15. The Morgan fingerprint density at radius 3 is 2.71 bits per heavy atom. The van der Waals surface area contributed by atoms with Crippen molar-refractivity contribution in [3.05, 3.63) is 47.0 Å². The van der Waals surface area contributed by atoms with Gasteiger partial charge in [-0.15, -0.1) is 0 Å². The molecule has 1 aromatic heterocycles. The number of anilines is 1. The molecule has 1 saturated heterocycles. The van der Waals surface area contributed by atoms with Crippen LogP contribution in [0.15, 0.2) is 24.3 Å². The molecular formula is C19H26FN4O3S+.